The quantitative estimate of drug-likeness (QED) is 0.0702. The average Bonchev–Trinajstić information content (AvgIpc) is 3.50. The summed E-state index contributed by atoms with van der Waals surface area (Å²) in [5, 5.41) is 0. The van der Waals surface area contributed by atoms with Crippen molar-refractivity contribution in [3.05, 3.63) is 71.6 Å². The molecule has 0 aromatic carbocycles. The van der Waals surface area contributed by atoms with Crippen LogP contribution in [-0.2, 0) is 14.3 Å². The normalized spacial score (nSPS) is 19.5. The fraction of sp³-hybridized carbons (Fsp3) is 0.634. The molecular weight excluding hydrogens is 568 g/mol. The first-order chi connectivity index (χ1) is 22.4. The highest BCUT2D eigenvalue weighted by Gasteiger charge is 2.18. The van der Waals surface area contributed by atoms with Crippen LogP contribution in [0.1, 0.15) is 106 Å². The van der Waals surface area contributed by atoms with E-state index in [9.17, 15) is 4.79 Å². The number of carbonyl (C=O) groups is 1. The van der Waals surface area contributed by atoms with E-state index in [4.69, 9.17) is 9.47 Å². The van der Waals surface area contributed by atoms with Gasteiger partial charge in [0.1, 0.15) is 12.4 Å². The monoisotopic (exact) mass is 639 g/mol. The average molecular weight is 639 g/mol. The van der Waals surface area contributed by atoms with E-state index in [1.165, 1.54) is 76.6 Å². The molecule has 262 valence electrons. The van der Waals surface area contributed by atoms with Gasteiger partial charge in [0, 0.05) is 32.8 Å². The summed E-state index contributed by atoms with van der Waals surface area (Å²) < 4.78 is 10.4. The fourth-order valence-corrected chi connectivity index (χ4v) is 5.40. The number of amides is 1. The Morgan fingerprint density at radius 1 is 1.07 bits per heavy atom. The summed E-state index contributed by atoms with van der Waals surface area (Å²) in [6.07, 6.45) is 40.1. The number of likely N-dealkylation sites (N-methyl/N-ethyl adjacent to an activating group) is 1. The number of ether oxygens (including phenoxy) is 2. The van der Waals surface area contributed by atoms with E-state index in [0.29, 0.717) is 30.4 Å². The molecule has 1 fully saturated rings. The van der Waals surface area contributed by atoms with Crippen molar-refractivity contribution < 1.29 is 14.3 Å². The van der Waals surface area contributed by atoms with Crippen molar-refractivity contribution in [3.8, 4) is 12.8 Å². The highest BCUT2D eigenvalue weighted by molar-refractivity contribution is 5.96. The standard InChI is InChI=1S/C23H35NO3.C11H19N.C3H8.C2H6.C2H2/c1-6-8-9-11-19-12-10-13-20(15-14-19)17-24(3)23(25)21(7-2)16-22(27-5)18-26-4;1-2-6-11(7-3-1)10-12-8-4-5-9-12;1-3-2;2*1-2/h6-8,13-16,19H,9-12,17-18H2,1-5H3;1-2,11H,3-10H2;3H2,1-2H3;1-2H3;1-2H/b8-6-,21-7+,22-16+;;;;. The van der Waals surface area contributed by atoms with Crippen molar-refractivity contribution in [1.29, 1.82) is 0 Å². The summed E-state index contributed by atoms with van der Waals surface area (Å²) in [5.74, 6) is 2.19. The Labute approximate surface area is 285 Å². The molecule has 3 rings (SSSR count). The third kappa shape index (κ3) is 21.8. The van der Waals surface area contributed by atoms with Crippen LogP contribution >= 0.6 is 0 Å². The molecule has 5 heteroatoms. The van der Waals surface area contributed by atoms with E-state index < -0.39 is 0 Å². The van der Waals surface area contributed by atoms with Gasteiger partial charge in [-0.15, -0.1) is 12.8 Å². The lowest BCUT2D eigenvalue weighted by molar-refractivity contribution is -0.125. The molecular formula is C41H70N2O3. The van der Waals surface area contributed by atoms with Gasteiger partial charge < -0.3 is 19.3 Å². The van der Waals surface area contributed by atoms with Gasteiger partial charge in [0.15, 0.2) is 0 Å². The van der Waals surface area contributed by atoms with Crippen molar-refractivity contribution in [2.75, 3.05) is 54.1 Å². The van der Waals surface area contributed by atoms with Crippen LogP contribution in [0.15, 0.2) is 71.6 Å². The second-order valence-corrected chi connectivity index (χ2v) is 11.6. The van der Waals surface area contributed by atoms with Gasteiger partial charge in [-0.25, -0.2) is 0 Å². The van der Waals surface area contributed by atoms with Crippen molar-refractivity contribution in [2.45, 2.75) is 106 Å². The van der Waals surface area contributed by atoms with Gasteiger partial charge in [0.25, 0.3) is 5.91 Å². The number of allylic oxidation sites excluding steroid dienone is 7. The van der Waals surface area contributed by atoms with Gasteiger partial charge in [0.2, 0.25) is 0 Å². The minimum absolute atomic E-state index is 0.0219. The van der Waals surface area contributed by atoms with Gasteiger partial charge in [-0.05, 0) is 108 Å². The molecule has 5 nitrogen and oxygen atoms in total. The van der Waals surface area contributed by atoms with Crippen LogP contribution in [-0.4, -0.2) is 69.8 Å². The maximum Gasteiger partial charge on any atom is 0.253 e. The van der Waals surface area contributed by atoms with Gasteiger partial charge in [-0.1, -0.05) is 82.7 Å². The maximum atomic E-state index is 12.8. The lowest BCUT2D eigenvalue weighted by Crippen LogP contribution is -2.29. The van der Waals surface area contributed by atoms with Crippen molar-refractivity contribution in [1.82, 2.24) is 9.80 Å². The Bertz CT molecular complexity index is 948. The SMILES string of the molecule is C#C.C/C=C\CCC1C=CC(CN(C)C(=O)C(/C=C(\COC)OC)=C/C)=CCC1.C1=CCC(CN2CCCC2)CC1.CC.CCC. The Morgan fingerprint density at radius 2 is 1.74 bits per heavy atom. The number of methoxy groups -OCH3 is 2. The zero-order valence-corrected chi connectivity index (χ0v) is 31.2. The second kappa shape index (κ2) is 32.1. The molecule has 1 aliphatic heterocycles. The highest BCUT2D eigenvalue weighted by Crippen LogP contribution is 2.22. The fourth-order valence-electron chi connectivity index (χ4n) is 5.40. The molecule has 2 unspecified atom stereocenters. The molecule has 0 aromatic heterocycles. The molecule has 1 heterocycles. The molecule has 2 aliphatic carbocycles. The number of likely N-dealkylation sites (tertiary alicyclic amines) is 1. The zero-order chi connectivity index (χ0) is 35.0. The summed E-state index contributed by atoms with van der Waals surface area (Å²) in [5.41, 5.74) is 1.80. The number of rotatable bonds is 12. The van der Waals surface area contributed by atoms with Crippen LogP contribution in [0.3, 0.4) is 0 Å². The third-order valence-corrected chi connectivity index (χ3v) is 7.75. The summed E-state index contributed by atoms with van der Waals surface area (Å²) >= 11 is 0. The van der Waals surface area contributed by atoms with Crippen molar-refractivity contribution in [2.24, 2.45) is 11.8 Å². The van der Waals surface area contributed by atoms with Gasteiger partial charge in [-0.2, -0.15) is 0 Å². The van der Waals surface area contributed by atoms with Crippen molar-refractivity contribution >= 4 is 5.91 Å². The minimum atomic E-state index is -0.0219. The molecule has 0 radical (unpaired) electrons. The van der Waals surface area contributed by atoms with Gasteiger partial charge in [-0.3, -0.25) is 4.79 Å². The summed E-state index contributed by atoms with van der Waals surface area (Å²) in [7, 11) is 5.03. The topological polar surface area (TPSA) is 42.0 Å². The van der Waals surface area contributed by atoms with Crippen LogP contribution in [0, 0.1) is 24.7 Å². The molecule has 0 aromatic rings. The molecule has 0 spiro atoms. The van der Waals surface area contributed by atoms with Crippen LogP contribution in [0.5, 0.6) is 0 Å². The highest BCUT2D eigenvalue weighted by atomic mass is 16.5. The largest absolute Gasteiger partial charge is 0.499 e. The molecule has 0 saturated carbocycles. The van der Waals surface area contributed by atoms with E-state index in [0.717, 1.165) is 18.8 Å². The summed E-state index contributed by atoms with van der Waals surface area (Å²) in [6, 6.07) is 0. The van der Waals surface area contributed by atoms with Crippen LogP contribution in [0.4, 0.5) is 0 Å². The number of hydrogen-bond acceptors (Lipinski definition) is 4. The van der Waals surface area contributed by atoms with E-state index in [1.807, 2.05) is 33.9 Å². The molecule has 0 N–H and O–H groups in total. The Hall–Kier alpha value is -2.81. The zero-order valence-electron chi connectivity index (χ0n) is 31.2. The minimum Gasteiger partial charge on any atom is -0.499 e. The Balaban J connectivity index is 0. The number of nitrogens with zero attached hydrogens (tertiary/aromatic N) is 2. The maximum absolute atomic E-state index is 12.8. The molecule has 3 aliphatic rings. The molecule has 0 bridgehead atoms. The first-order valence-electron chi connectivity index (χ1n) is 17.8. The smallest absolute Gasteiger partial charge is 0.253 e. The number of hydrogen-bond donors (Lipinski definition) is 0. The third-order valence-electron chi connectivity index (χ3n) is 7.75. The molecule has 1 saturated heterocycles. The number of terminal acetylenes is 1. The lowest BCUT2D eigenvalue weighted by Gasteiger charge is -2.23. The summed E-state index contributed by atoms with van der Waals surface area (Å²) in [6.45, 7) is 17.2. The first kappa shape index (κ1) is 45.3. The predicted octanol–water partition coefficient (Wildman–Crippen LogP) is 9.95. The van der Waals surface area contributed by atoms with Crippen LogP contribution < -0.4 is 0 Å². The Morgan fingerprint density at radius 3 is 2.28 bits per heavy atom. The molecule has 1 amide bonds. The second-order valence-electron chi connectivity index (χ2n) is 11.6. The molecule has 46 heavy (non-hydrogen) atoms. The van der Waals surface area contributed by atoms with E-state index >= 15 is 0 Å². The molecule has 2 atom stereocenters. The number of carbonyl (C=O) groups excluding carboxylic acids is 1. The predicted molar refractivity (Wildman–Crippen MR) is 202 cm³/mol. The summed E-state index contributed by atoms with van der Waals surface area (Å²) in [4.78, 5) is 17.2. The van der Waals surface area contributed by atoms with Gasteiger partial charge >= 0.3 is 0 Å². The van der Waals surface area contributed by atoms with Crippen LogP contribution in [0.25, 0.3) is 0 Å². The van der Waals surface area contributed by atoms with Crippen LogP contribution in [0.2, 0.25) is 0 Å². The van der Waals surface area contributed by atoms with E-state index in [-0.39, 0.29) is 5.91 Å². The van der Waals surface area contributed by atoms with E-state index in [1.54, 1.807) is 25.2 Å². The van der Waals surface area contributed by atoms with E-state index in [2.05, 4.69) is 81.0 Å². The van der Waals surface area contributed by atoms with Gasteiger partial charge in [0.05, 0.1) is 7.11 Å². The lowest BCUT2D eigenvalue weighted by atomic mass is 9.94. The Kier molecular flexibility index (Phi) is 31.7. The first-order valence-corrected chi connectivity index (χ1v) is 17.8. The van der Waals surface area contributed by atoms with Crippen molar-refractivity contribution in [3.63, 3.8) is 0 Å².